The fourth-order valence-electron chi connectivity index (χ4n) is 2.23. The van der Waals surface area contributed by atoms with E-state index in [0.717, 1.165) is 0 Å². The summed E-state index contributed by atoms with van der Waals surface area (Å²) in [6.45, 7) is 0. The first-order valence-electron chi connectivity index (χ1n) is 6.04. The van der Waals surface area contributed by atoms with Crippen molar-refractivity contribution >= 4 is 23.9 Å². The third-order valence-electron chi connectivity index (χ3n) is 3.02. The van der Waals surface area contributed by atoms with Crippen LogP contribution >= 0.6 is 0 Å². The van der Waals surface area contributed by atoms with Crippen LogP contribution in [0.25, 0.3) is 5.69 Å². The zero-order chi connectivity index (χ0) is 17.3. The molecule has 0 fully saturated rings. The molecule has 0 amide bonds. The average Bonchev–Trinajstić information content (AvgIpc) is 2.84. The van der Waals surface area contributed by atoms with Crippen molar-refractivity contribution in [2.75, 3.05) is 0 Å². The topological polar surface area (TPSA) is 154 Å². The first-order valence-corrected chi connectivity index (χ1v) is 6.04. The van der Waals surface area contributed by atoms with E-state index in [0.29, 0.717) is 4.57 Å². The molecular formula is C14H9NO8. The van der Waals surface area contributed by atoms with Crippen LogP contribution in [0.2, 0.25) is 0 Å². The number of nitrogens with zero attached hydrogens (tertiary/aromatic N) is 1. The van der Waals surface area contributed by atoms with Gasteiger partial charge in [0.15, 0.2) is 0 Å². The lowest BCUT2D eigenvalue weighted by molar-refractivity contribution is 0.0628. The van der Waals surface area contributed by atoms with E-state index in [1.165, 1.54) is 24.3 Å². The average molecular weight is 319 g/mol. The molecule has 2 aromatic rings. The highest BCUT2D eigenvalue weighted by Gasteiger charge is 2.37. The molecule has 0 saturated heterocycles. The maximum atomic E-state index is 11.5. The van der Waals surface area contributed by atoms with Crippen molar-refractivity contribution in [3.05, 3.63) is 52.8 Å². The van der Waals surface area contributed by atoms with E-state index in [-0.39, 0.29) is 5.69 Å². The summed E-state index contributed by atoms with van der Waals surface area (Å²) >= 11 is 0. The van der Waals surface area contributed by atoms with E-state index in [2.05, 4.69) is 0 Å². The van der Waals surface area contributed by atoms with Gasteiger partial charge in [0.25, 0.3) is 0 Å². The number of carboxylic acid groups (broad SMARTS) is 4. The summed E-state index contributed by atoms with van der Waals surface area (Å²) in [5.41, 5.74) is -4.06. The Morgan fingerprint density at radius 2 is 1.04 bits per heavy atom. The van der Waals surface area contributed by atoms with Crippen LogP contribution in [0, 0.1) is 0 Å². The van der Waals surface area contributed by atoms with Gasteiger partial charge in [0.2, 0.25) is 0 Å². The lowest BCUT2D eigenvalue weighted by atomic mass is 10.1. The molecule has 23 heavy (non-hydrogen) atoms. The molecule has 4 N–H and O–H groups in total. The first-order chi connectivity index (χ1) is 10.8. The summed E-state index contributed by atoms with van der Waals surface area (Å²) in [6.07, 6.45) is 0. The Bertz CT molecular complexity index is 785. The number of carbonyl (C=O) groups is 4. The highest BCUT2D eigenvalue weighted by atomic mass is 16.4. The maximum Gasteiger partial charge on any atom is 0.353 e. The van der Waals surface area contributed by atoms with Crippen molar-refractivity contribution in [3.8, 4) is 5.69 Å². The standard InChI is InChI=1S/C14H9NO8/c16-11(17)7-8(12(18)19)10(14(22)23)15(9(7)13(20)21)6-4-2-1-3-5-6/h1-5H,(H,16,17)(H,18,19)(H,20,21)(H,22,23). The summed E-state index contributed by atoms with van der Waals surface area (Å²) in [7, 11) is 0. The third kappa shape index (κ3) is 2.50. The molecule has 0 spiro atoms. The SMILES string of the molecule is O=C(O)c1c(C(=O)O)c(C(=O)O)n(-c2ccccc2)c1C(=O)O. The van der Waals surface area contributed by atoms with Gasteiger partial charge in [-0.3, -0.25) is 4.57 Å². The number of hydrogen-bond donors (Lipinski definition) is 4. The van der Waals surface area contributed by atoms with Gasteiger partial charge in [-0.05, 0) is 12.1 Å². The molecule has 0 aliphatic heterocycles. The van der Waals surface area contributed by atoms with Crippen LogP contribution in [0.5, 0.6) is 0 Å². The minimum atomic E-state index is -1.85. The number of rotatable bonds is 5. The molecule has 0 atom stereocenters. The number of aromatic nitrogens is 1. The van der Waals surface area contributed by atoms with E-state index in [1.54, 1.807) is 6.07 Å². The Morgan fingerprint density at radius 1 is 0.652 bits per heavy atom. The van der Waals surface area contributed by atoms with Crippen LogP contribution in [-0.4, -0.2) is 48.9 Å². The Balaban J connectivity index is 3.08. The molecule has 118 valence electrons. The molecule has 1 heterocycles. The second-order valence-corrected chi connectivity index (χ2v) is 4.34. The fraction of sp³-hybridized carbons (Fsp3) is 0. The van der Waals surface area contributed by atoms with Gasteiger partial charge in [-0.1, -0.05) is 18.2 Å². The van der Waals surface area contributed by atoms with Gasteiger partial charge in [0.05, 0.1) is 0 Å². The summed E-state index contributed by atoms with van der Waals surface area (Å²) in [4.78, 5) is 45.6. The molecule has 1 aromatic heterocycles. The predicted octanol–water partition coefficient (Wildman–Crippen LogP) is 1.27. The monoisotopic (exact) mass is 319 g/mol. The zero-order valence-corrected chi connectivity index (χ0v) is 11.3. The number of aromatic carboxylic acids is 4. The van der Waals surface area contributed by atoms with Crippen LogP contribution in [0.4, 0.5) is 0 Å². The van der Waals surface area contributed by atoms with Crippen LogP contribution < -0.4 is 0 Å². The van der Waals surface area contributed by atoms with Crippen molar-refractivity contribution < 1.29 is 39.6 Å². The van der Waals surface area contributed by atoms with Crippen LogP contribution in [0.1, 0.15) is 41.7 Å². The van der Waals surface area contributed by atoms with Crippen LogP contribution in [-0.2, 0) is 0 Å². The van der Waals surface area contributed by atoms with Gasteiger partial charge in [-0.15, -0.1) is 0 Å². The number of para-hydroxylation sites is 1. The molecule has 9 nitrogen and oxygen atoms in total. The molecule has 0 radical (unpaired) electrons. The second-order valence-electron chi connectivity index (χ2n) is 4.34. The minimum absolute atomic E-state index is 0.0114. The number of hydrogen-bond acceptors (Lipinski definition) is 4. The van der Waals surface area contributed by atoms with Gasteiger partial charge in [-0.25, -0.2) is 19.2 Å². The fourth-order valence-corrected chi connectivity index (χ4v) is 2.23. The molecule has 0 aliphatic carbocycles. The lowest BCUT2D eigenvalue weighted by Gasteiger charge is -2.09. The second kappa shape index (κ2) is 5.64. The van der Waals surface area contributed by atoms with E-state index in [1.807, 2.05) is 0 Å². The quantitative estimate of drug-likeness (QED) is 0.642. The third-order valence-corrected chi connectivity index (χ3v) is 3.02. The van der Waals surface area contributed by atoms with Gasteiger partial charge >= 0.3 is 23.9 Å². The van der Waals surface area contributed by atoms with E-state index >= 15 is 0 Å². The predicted molar refractivity (Wildman–Crippen MR) is 73.6 cm³/mol. The summed E-state index contributed by atoms with van der Waals surface area (Å²) in [5.74, 6) is -7.23. The smallest absolute Gasteiger partial charge is 0.353 e. The van der Waals surface area contributed by atoms with Crippen molar-refractivity contribution in [3.63, 3.8) is 0 Å². The Labute approximate surface area is 127 Å². The van der Waals surface area contributed by atoms with Crippen LogP contribution in [0.3, 0.4) is 0 Å². The molecular weight excluding hydrogens is 310 g/mol. The van der Waals surface area contributed by atoms with Gasteiger partial charge in [0.1, 0.15) is 22.5 Å². The first kappa shape index (κ1) is 15.8. The summed E-state index contributed by atoms with van der Waals surface area (Å²) in [5, 5.41) is 36.9. The molecule has 0 unspecified atom stereocenters. The highest BCUT2D eigenvalue weighted by molar-refractivity contribution is 6.14. The zero-order valence-electron chi connectivity index (χ0n) is 11.3. The largest absolute Gasteiger partial charge is 0.478 e. The number of carboxylic acids is 4. The normalized spacial score (nSPS) is 10.3. The lowest BCUT2D eigenvalue weighted by Crippen LogP contribution is -2.14. The van der Waals surface area contributed by atoms with Gasteiger partial charge in [-0.2, -0.15) is 0 Å². The van der Waals surface area contributed by atoms with Crippen LogP contribution in [0.15, 0.2) is 30.3 Å². The highest BCUT2D eigenvalue weighted by Crippen LogP contribution is 2.28. The van der Waals surface area contributed by atoms with Gasteiger partial charge in [0, 0.05) is 5.69 Å². The minimum Gasteiger partial charge on any atom is -0.478 e. The maximum absolute atomic E-state index is 11.5. The Hall–Kier alpha value is -3.62. The molecule has 0 saturated carbocycles. The van der Waals surface area contributed by atoms with Crippen molar-refractivity contribution in [2.45, 2.75) is 0 Å². The van der Waals surface area contributed by atoms with Crippen molar-refractivity contribution in [2.24, 2.45) is 0 Å². The molecule has 2 rings (SSSR count). The molecule has 0 bridgehead atoms. The van der Waals surface area contributed by atoms with E-state index < -0.39 is 46.4 Å². The molecule has 9 heteroatoms. The summed E-state index contributed by atoms with van der Waals surface area (Å²) < 4.78 is 0.595. The van der Waals surface area contributed by atoms with Gasteiger partial charge < -0.3 is 20.4 Å². The van der Waals surface area contributed by atoms with E-state index in [4.69, 9.17) is 0 Å². The molecule has 0 aliphatic rings. The van der Waals surface area contributed by atoms with Crippen molar-refractivity contribution in [1.82, 2.24) is 4.57 Å². The van der Waals surface area contributed by atoms with E-state index in [9.17, 15) is 39.6 Å². The number of benzene rings is 1. The summed E-state index contributed by atoms with van der Waals surface area (Å²) in [6, 6.07) is 7.16. The van der Waals surface area contributed by atoms with Crippen molar-refractivity contribution in [1.29, 1.82) is 0 Å². The molecule has 1 aromatic carbocycles. The Kier molecular flexibility index (Phi) is 3.86. The Morgan fingerprint density at radius 3 is 1.35 bits per heavy atom.